The van der Waals surface area contributed by atoms with Gasteiger partial charge in [-0.2, -0.15) is 8.78 Å². The average molecular weight is 516 g/mol. The average Bonchev–Trinajstić information content (AvgIpc) is 2.88. The molecular weight excluding hydrogens is 480 g/mol. The first-order valence-electron chi connectivity index (χ1n) is 13.2. The molecule has 3 rings (SSSR count). The highest BCUT2D eigenvalue weighted by Crippen LogP contribution is 2.38. The summed E-state index contributed by atoms with van der Waals surface area (Å²) in [5.41, 5.74) is 0.507. The fraction of sp³-hybridized carbons (Fsp3) is 0.419. The van der Waals surface area contributed by atoms with Crippen molar-refractivity contribution in [2.75, 3.05) is 0 Å². The predicted molar refractivity (Wildman–Crippen MR) is 138 cm³/mol. The Bertz CT molecular complexity index is 1100. The highest BCUT2D eigenvalue weighted by molar-refractivity contribution is 5.38. The molecule has 6 heteroatoms. The second kappa shape index (κ2) is 14.1. The first kappa shape index (κ1) is 28.5. The molecule has 3 aromatic rings. The molecule has 0 atom stereocenters. The molecule has 0 aliphatic heterocycles. The topological polar surface area (TPSA) is 18.5 Å². The first-order chi connectivity index (χ1) is 17.8. The van der Waals surface area contributed by atoms with Gasteiger partial charge in [-0.05, 0) is 60.7 Å². The molecule has 0 unspecified atom stereocenters. The van der Waals surface area contributed by atoms with Gasteiger partial charge < -0.3 is 9.47 Å². The molecule has 0 bridgehead atoms. The minimum atomic E-state index is -4.26. The van der Waals surface area contributed by atoms with E-state index in [1.54, 1.807) is 36.4 Å². The van der Waals surface area contributed by atoms with E-state index in [9.17, 15) is 17.6 Å². The zero-order valence-corrected chi connectivity index (χ0v) is 21.6. The van der Waals surface area contributed by atoms with Gasteiger partial charge in [-0.15, -0.1) is 0 Å². The number of hydrogen-bond acceptors (Lipinski definition) is 2. The van der Waals surface area contributed by atoms with Crippen LogP contribution in [0.2, 0.25) is 0 Å². The smallest absolute Gasteiger partial charge is 0.432 e. The number of ether oxygens (including phenoxy) is 2. The highest BCUT2D eigenvalue weighted by Gasteiger charge is 2.42. The lowest BCUT2D eigenvalue weighted by Crippen LogP contribution is -2.25. The van der Waals surface area contributed by atoms with E-state index in [1.807, 2.05) is 6.92 Å². The fourth-order valence-corrected chi connectivity index (χ4v) is 4.12. The molecule has 37 heavy (non-hydrogen) atoms. The number of aryl methyl sites for hydroxylation is 2. The van der Waals surface area contributed by atoms with Crippen LogP contribution in [0.1, 0.15) is 81.9 Å². The second-order valence-electron chi connectivity index (χ2n) is 9.24. The first-order valence-corrected chi connectivity index (χ1v) is 13.2. The van der Waals surface area contributed by atoms with Gasteiger partial charge in [0.15, 0.2) is 11.6 Å². The van der Waals surface area contributed by atoms with Crippen LogP contribution in [0.3, 0.4) is 0 Å². The highest BCUT2D eigenvalue weighted by atomic mass is 19.3. The number of halogens is 4. The van der Waals surface area contributed by atoms with Crippen molar-refractivity contribution in [1.82, 2.24) is 0 Å². The Morgan fingerprint density at radius 2 is 1.30 bits per heavy atom. The summed E-state index contributed by atoms with van der Waals surface area (Å²) >= 11 is 0. The van der Waals surface area contributed by atoms with Crippen LogP contribution in [0.4, 0.5) is 17.6 Å². The molecule has 0 amide bonds. The third-order valence-corrected chi connectivity index (χ3v) is 6.32. The van der Waals surface area contributed by atoms with Crippen LogP contribution in [0.15, 0.2) is 54.6 Å². The normalized spacial score (nSPS) is 11.5. The van der Waals surface area contributed by atoms with Crippen molar-refractivity contribution in [2.45, 2.75) is 84.2 Å². The number of alkyl halides is 2. The summed E-state index contributed by atoms with van der Waals surface area (Å²) < 4.78 is 69.2. The van der Waals surface area contributed by atoms with E-state index < -0.39 is 29.1 Å². The van der Waals surface area contributed by atoms with Gasteiger partial charge in [0.05, 0.1) is 0 Å². The number of unbranched alkanes of at least 4 members (excludes halogenated alkanes) is 7. The maximum absolute atomic E-state index is 15.0. The lowest BCUT2D eigenvalue weighted by molar-refractivity contribution is -0.189. The standard InChI is InChI=1S/C31H35F4O2/c1-3-5-6-7-8-9-10-11-12-24-15-19-26(20-16-24)37-31(34,35)29-27(32)21-22-28(30(29)33)36-25-17-13-23(4-2)14-18-25/h13-21H,3-12H2,1-2H3. The maximum Gasteiger partial charge on any atom is 0.432 e. The third kappa shape index (κ3) is 8.51. The Kier molecular flexibility index (Phi) is 10.8. The van der Waals surface area contributed by atoms with Crippen LogP contribution in [0, 0.1) is 17.7 Å². The molecule has 0 fully saturated rings. The van der Waals surface area contributed by atoms with Crippen LogP contribution < -0.4 is 9.47 Å². The van der Waals surface area contributed by atoms with E-state index in [1.165, 1.54) is 50.7 Å². The quantitative estimate of drug-likeness (QED) is 0.148. The molecule has 0 aromatic heterocycles. The summed E-state index contributed by atoms with van der Waals surface area (Å²) in [7, 11) is 0. The molecule has 199 valence electrons. The lowest BCUT2D eigenvalue weighted by atomic mass is 10.0. The number of rotatable bonds is 15. The van der Waals surface area contributed by atoms with Crippen LogP contribution >= 0.6 is 0 Å². The van der Waals surface area contributed by atoms with E-state index in [0.717, 1.165) is 36.8 Å². The summed E-state index contributed by atoms with van der Waals surface area (Å²) in [6.45, 7) is 4.18. The van der Waals surface area contributed by atoms with Crippen molar-refractivity contribution >= 4 is 0 Å². The van der Waals surface area contributed by atoms with Gasteiger partial charge in [0, 0.05) is 6.07 Å². The minimum Gasteiger partial charge on any atom is -0.454 e. The molecule has 3 aromatic carbocycles. The molecule has 0 saturated carbocycles. The molecule has 1 radical (unpaired) electrons. The van der Waals surface area contributed by atoms with Crippen LogP contribution in [0.5, 0.6) is 17.2 Å². The van der Waals surface area contributed by atoms with E-state index in [-0.39, 0.29) is 11.5 Å². The Hall–Kier alpha value is -3.02. The summed E-state index contributed by atoms with van der Waals surface area (Å²) in [4.78, 5) is 0. The van der Waals surface area contributed by atoms with Crippen molar-refractivity contribution in [2.24, 2.45) is 0 Å². The monoisotopic (exact) mass is 515 g/mol. The molecule has 0 heterocycles. The van der Waals surface area contributed by atoms with Crippen molar-refractivity contribution in [1.29, 1.82) is 0 Å². The molecule has 0 spiro atoms. The van der Waals surface area contributed by atoms with Crippen molar-refractivity contribution in [3.8, 4) is 17.2 Å². The van der Waals surface area contributed by atoms with E-state index in [2.05, 4.69) is 13.0 Å². The lowest BCUT2D eigenvalue weighted by Gasteiger charge is -2.20. The summed E-state index contributed by atoms with van der Waals surface area (Å²) in [5.74, 6) is -3.63. The fourth-order valence-electron chi connectivity index (χ4n) is 4.12. The van der Waals surface area contributed by atoms with Crippen LogP contribution in [-0.2, 0) is 19.0 Å². The molecule has 0 aliphatic rings. The van der Waals surface area contributed by atoms with Gasteiger partial charge in [-0.3, -0.25) is 0 Å². The molecule has 0 N–H and O–H groups in total. The Morgan fingerprint density at radius 3 is 1.92 bits per heavy atom. The Labute approximate surface area is 217 Å². The third-order valence-electron chi connectivity index (χ3n) is 6.32. The molecule has 0 aliphatic carbocycles. The van der Waals surface area contributed by atoms with Crippen molar-refractivity contribution in [3.05, 3.63) is 89.0 Å². The zero-order chi connectivity index (χ0) is 26.7. The van der Waals surface area contributed by atoms with Gasteiger partial charge in [-0.25, -0.2) is 8.78 Å². The largest absolute Gasteiger partial charge is 0.454 e. The zero-order valence-electron chi connectivity index (χ0n) is 21.6. The number of benzene rings is 3. The molecular formula is C31H35F4O2. The van der Waals surface area contributed by atoms with Gasteiger partial charge in [0.2, 0.25) is 0 Å². The maximum atomic E-state index is 15.0. The summed E-state index contributed by atoms with van der Waals surface area (Å²) in [6, 6.07) is 15.8. The predicted octanol–water partition coefficient (Wildman–Crippen LogP) is 9.93. The van der Waals surface area contributed by atoms with E-state index in [4.69, 9.17) is 9.47 Å². The van der Waals surface area contributed by atoms with Crippen molar-refractivity contribution < 1.29 is 27.0 Å². The van der Waals surface area contributed by atoms with Gasteiger partial charge >= 0.3 is 6.11 Å². The van der Waals surface area contributed by atoms with E-state index in [0.29, 0.717) is 6.07 Å². The summed E-state index contributed by atoms with van der Waals surface area (Å²) in [6.07, 6.45) is 7.04. The van der Waals surface area contributed by atoms with E-state index >= 15 is 0 Å². The summed E-state index contributed by atoms with van der Waals surface area (Å²) in [5, 5.41) is 0. The molecule has 0 saturated heterocycles. The van der Waals surface area contributed by atoms with Gasteiger partial charge in [-0.1, -0.05) is 83.1 Å². The Balaban J connectivity index is 1.60. The SMILES string of the molecule is CCCCCCCCCCc1ccc(OC(F)(F)c2c(F)c[c]c(Oc3ccc(CC)cc3)c2F)cc1. The van der Waals surface area contributed by atoms with Crippen molar-refractivity contribution in [3.63, 3.8) is 0 Å². The minimum absolute atomic E-state index is 0.186. The van der Waals surface area contributed by atoms with Gasteiger partial charge in [0.1, 0.15) is 22.9 Å². The Morgan fingerprint density at radius 1 is 0.730 bits per heavy atom. The van der Waals surface area contributed by atoms with Crippen LogP contribution in [-0.4, -0.2) is 0 Å². The number of hydrogen-bond donors (Lipinski definition) is 0. The van der Waals surface area contributed by atoms with Crippen LogP contribution in [0.25, 0.3) is 0 Å². The second-order valence-corrected chi connectivity index (χ2v) is 9.24. The van der Waals surface area contributed by atoms with Gasteiger partial charge in [0.25, 0.3) is 0 Å². The molecule has 2 nitrogen and oxygen atoms in total.